The van der Waals surface area contributed by atoms with Crippen LogP contribution >= 0.6 is 0 Å². The Labute approximate surface area is 307 Å². The van der Waals surface area contributed by atoms with Gasteiger partial charge in [-0.1, -0.05) is 121 Å². The van der Waals surface area contributed by atoms with E-state index in [-0.39, 0.29) is 39.6 Å². The fourth-order valence-electron chi connectivity index (χ4n) is 7.86. The van der Waals surface area contributed by atoms with Crippen LogP contribution in [0.5, 0.6) is 0 Å². The Morgan fingerprint density at radius 3 is 1.56 bits per heavy atom. The normalized spacial score (nSPS) is 16.0. The van der Waals surface area contributed by atoms with Crippen molar-refractivity contribution in [1.29, 1.82) is 0 Å². The van der Waals surface area contributed by atoms with Crippen molar-refractivity contribution in [3.8, 4) is 22.3 Å². The summed E-state index contributed by atoms with van der Waals surface area (Å²) in [4.78, 5) is 13.5. The minimum Gasteiger partial charge on any atom is -0.353 e. The van der Waals surface area contributed by atoms with Crippen LogP contribution < -0.4 is 10.7 Å². The number of hydroxylamine groups is 2. The van der Waals surface area contributed by atoms with Crippen LogP contribution in [-0.2, 0) is 6.30 Å². The van der Waals surface area contributed by atoms with Crippen LogP contribution in [-0.4, -0.2) is 31.2 Å². The van der Waals surface area contributed by atoms with E-state index in [0.717, 1.165) is 16.2 Å². The molecule has 0 aliphatic carbocycles. The molecule has 0 radical (unpaired) electrons. The molecule has 260 valence electrons. The summed E-state index contributed by atoms with van der Waals surface area (Å²) in [6.07, 6.45) is 2.02. The van der Waals surface area contributed by atoms with E-state index in [1.54, 1.807) is 60.7 Å². The quantitative estimate of drug-likeness (QED) is 0.192. The number of allylic oxidation sites excluding steroid dienone is 3. The van der Waals surface area contributed by atoms with Crippen molar-refractivity contribution in [2.75, 3.05) is 0 Å². The summed E-state index contributed by atoms with van der Waals surface area (Å²) < 4.78 is 49.8. The summed E-state index contributed by atoms with van der Waals surface area (Å²) in [5, 5.41) is 14.5. The molecule has 0 amide bonds. The molecule has 2 aromatic heterocycles. The van der Waals surface area contributed by atoms with Gasteiger partial charge < -0.3 is 4.98 Å². The van der Waals surface area contributed by atoms with Crippen LogP contribution in [0.2, 0.25) is 0 Å². The zero-order valence-corrected chi connectivity index (χ0v) is 28.4. The van der Waals surface area contributed by atoms with Crippen LogP contribution in [0.15, 0.2) is 179 Å². The predicted molar refractivity (Wildman–Crippen MR) is 205 cm³/mol. The highest BCUT2D eigenvalue weighted by Crippen LogP contribution is 2.52. The van der Waals surface area contributed by atoms with E-state index >= 15 is 13.2 Å². The summed E-state index contributed by atoms with van der Waals surface area (Å²) in [6, 6.07) is 40.6. The van der Waals surface area contributed by atoms with Gasteiger partial charge in [0.1, 0.15) is 11.4 Å². The van der Waals surface area contributed by atoms with Gasteiger partial charge in [0.25, 0.3) is 0 Å². The summed E-state index contributed by atoms with van der Waals surface area (Å²) in [5.41, 5.74) is 5.43. The SMILES string of the molecule is ON1C2=C3C=CC(=N3)C1=c1ccc([nH]1)=C(c1ccccc1)C1=NC(=C(c3ccccc3)c3c(-c4ccccc4)c(-c4ccccc4)c2n3C(F)(F)F)C=C1. The number of aromatic amines is 1. The van der Waals surface area contributed by atoms with Gasteiger partial charge in [0, 0.05) is 27.6 Å². The highest BCUT2D eigenvalue weighted by molar-refractivity contribution is 6.31. The van der Waals surface area contributed by atoms with Gasteiger partial charge in [0.2, 0.25) is 0 Å². The maximum Gasteiger partial charge on any atom is 0.489 e. The molecule has 0 fully saturated rings. The Bertz CT molecular complexity index is 2840. The third-order valence-electron chi connectivity index (χ3n) is 10.0. The number of alkyl halides is 3. The fourth-order valence-corrected chi connectivity index (χ4v) is 7.86. The molecule has 0 spiro atoms. The van der Waals surface area contributed by atoms with Gasteiger partial charge in [-0.3, -0.25) is 5.21 Å². The smallest absolute Gasteiger partial charge is 0.353 e. The van der Waals surface area contributed by atoms with Crippen molar-refractivity contribution in [1.82, 2.24) is 14.6 Å². The number of halogens is 3. The average Bonchev–Trinajstić information content (AvgIpc) is 4.01. The molecule has 0 saturated carbocycles. The average molecular weight is 712 g/mol. The number of nitrogens with zero attached hydrogens (tertiary/aromatic N) is 4. The van der Waals surface area contributed by atoms with Gasteiger partial charge in [-0.25, -0.2) is 19.6 Å². The Kier molecular flexibility index (Phi) is 7.08. The van der Waals surface area contributed by atoms with E-state index in [9.17, 15) is 5.21 Å². The lowest BCUT2D eigenvalue weighted by atomic mass is 9.89. The second kappa shape index (κ2) is 12.0. The molecule has 6 heterocycles. The summed E-state index contributed by atoms with van der Waals surface area (Å²) in [5.74, 6) is 0. The number of nitrogens with one attached hydrogen (secondary N) is 1. The molecule has 54 heavy (non-hydrogen) atoms. The fraction of sp³-hybridized carbons (Fsp3) is 0.0222. The molecule has 0 atom stereocenters. The highest BCUT2D eigenvalue weighted by atomic mass is 19.4. The zero-order chi connectivity index (χ0) is 36.6. The van der Waals surface area contributed by atoms with E-state index in [1.807, 2.05) is 97.1 Å². The maximum atomic E-state index is 16.5. The molecule has 0 unspecified atom stereocenters. The van der Waals surface area contributed by atoms with Crippen LogP contribution in [0.3, 0.4) is 0 Å². The molecule has 10 rings (SSSR count). The van der Waals surface area contributed by atoms with Gasteiger partial charge in [-0.05, 0) is 58.7 Å². The van der Waals surface area contributed by atoms with Crippen LogP contribution in [0.4, 0.5) is 13.2 Å². The molecule has 0 saturated heterocycles. The zero-order valence-electron chi connectivity index (χ0n) is 28.4. The molecule has 6 aromatic rings. The molecular weight excluding hydrogens is 684 g/mol. The highest BCUT2D eigenvalue weighted by Gasteiger charge is 2.45. The maximum absolute atomic E-state index is 16.5. The topological polar surface area (TPSA) is 68.9 Å². The van der Waals surface area contributed by atoms with E-state index in [1.165, 1.54) is 0 Å². The lowest BCUT2D eigenvalue weighted by Crippen LogP contribution is -2.33. The third kappa shape index (κ3) is 4.86. The number of aliphatic imine (C=N–C) groups is 2. The molecule has 4 aromatic carbocycles. The second-order valence-electron chi connectivity index (χ2n) is 13.2. The number of rotatable bonds is 4. The van der Waals surface area contributed by atoms with Crippen molar-refractivity contribution in [3.63, 3.8) is 0 Å². The molecule has 10 bridgehead atoms. The summed E-state index contributed by atoms with van der Waals surface area (Å²) in [6.45, 7) is 0. The third-order valence-corrected chi connectivity index (χ3v) is 10.0. The van der Waals surface area contributed by atoms with Crippen molar-refractivity contribution >= 4 is 34.0 Å². The Hall–Kier alpha value is -6.97. The van der Waals surface area contributed by atoms with Crippen LogP contribution in [0.1, 0.15) is 22.5 Å². The van der Waals surface area contributed by atoms with E-state index in [0.29, 0.717) is 54.6 Å². The van der Waals surface area contributed by atoms with Crippen LogP contribution in [0.25, 0.3) is 44.8 Å². The number of fused-ring (bicyclic) bond motifs is 10. The molecule has 2 N–H and O–H groups in total. The van der Waals surface area contributed by atoms with Crippen molar-refractivity contribution < 1.29 is 18.4 Å². The van der Waals surface area contributed by atoms with Gasteiger partial charge in [0.15, 0.2) is 0 Å². The molecule has 9 heteroatoms. The van der Waals surface area contributed by atoms with Crippen molar-refractivity contribution in [3.05, 3.63) is 202 Å². The first kappa shape index (κ1) is 31.7. The van der Waals surface area contributed by atoms with Gasteiger partial charge in [0.05, 0.1) is 39.6 Å². The lowest BCUT2D eigenvalue weighted by molar-refractivity contribution is -0.204. The monoisotopic (exact) mass is 711 g/mol. The van der Waals surface area contributed by atoms with E-state index in [4.69, 9.17) is 9.98 Å². The largest absolute Gasteiger partial charge is 0.489 e. The van der Waals surface area contributed by atoms with Crippen molar-refractivity contribution in [2.45, 2.75) is 6.30 Å². The number of hydrogen-bond acceptors (Lipinski definition) is 4. The molecule has 4 aliphatic heterocycles. The first-order valence-corrected chi connectivity index (χ1v) is 17.4. The van der Waals surface area contributed by atoms with Crippen molar-refractivity contribution in [2.24, 2.45) is 9.98 Å². The minimum absolute atomic E-state index is 0.105. The van der Waals surface area contributed by atoms with Gasteiger partial charge in [-0.2, -0.15) is 0 Å². The Balaban J connectivity index is 1.49. The van der Waals surface area contributed by atoms with E-state index in [2.05, 4.69) is 4.98 Å². The standard InChI is InChI=1S/C45H28F3N5O/c46-45(47,48)52-43-38(28-15-7-2-8-16-28)33-22-21-31(49-33)37(27-13-5-1-6-14-27)32-23-24-34(50-32)41-35-25-26-36(51-35)42(53(41)54)44(52)40(30-19-11-4-12-20-30)39(43)29-17-9-3-10-18-29/h1-26,50,54H. The molecular formula is C45H28F3N5O. The second-order valence-corrected chi connectivity index (χ2v) is 13.2. The van der Waals surface area contributed by atoms with Gasteiger partial charge in [-0.15, -0.1) is 13.2 Å². The van der Waals surface area contributed by atoms with E-state index < -0.39 is 6.30 Å². The predicted octanol–water partition coefficient (Wildman–Crippen LogP) is 8.80. The number of H-pyrrole nitrogens is 1. The first-order valence-electron chi connectivity index (χ1n) is 17.4. The Morgan fingerprint density at radius 2 is 0.963 bits per heavy atom. The van der Waals surface area contributed by atoms with Gasteiger partial charge >= 0.3 is 6.30 Å². The number of hydrogen-bond donors (Lipinski definition) is 2. The molecule has 4 aliphatic rings. The van der Waals surface area contributed by atoms with Crippen LogP contribution in [0, 0.1) is 0 Å². The Morgan fingerprint density at radius 1 is 0.481 bits per heavy atom. The first-order chi connectivity index (χ1) is 26.4. The number of benzene rings is 4. The number of aromatic nitrogens is 2. The molecule has 6 nitrogen and oxygen atoms in total. The minimum atomic E-state index is -4.99. The summed E-state index contributed by atoms with van der Waals surface area (Å²) in [7, 11) is 0. The lowest BCUT2D eigenvalue weighted by Gasteiger charge is -2.28. The summed E-state index contributed by atoms with van der Waals surface area (Å²) >= 11 is 0.